The van der Waals surface area contributed by atoms with Gasteiger partial charge in [0.1, 0.15) is 11.3 Å². The largest absolute Gasteiger partial charge is 0.507 e. The molecule has 13 heavy (non-hydrogen) atoms. The number of carbonyl (C=O) groups is 1. The molecular formula is C8H7NO4. The molecule has 0 atom stereocenters. The van der Waals surface area contributed by atoms with Crippen molar-refractivity contribution in [3.63, 3.8) is 0 Å². The van der Waals surface area contributed by atoms with E-state index in [1.54, 1.807) is 0 Å². The van der Waals surface area contributed by atoms with Crippen LogP contribution in [0.1, 0.15) is 15.9 Å². The van der Waals surface area contributed by atoms with Crippen molar-refractivity contribution in [1.29, 1.82) is 0 Å². The quantitative estimate of drug-likeness (QED) is 0.425. The number of hydrogen-bond acceptors (Lipinski definition) is 4. The molecule has 68 valence electrons. The zero-order chi connectivity index (χ0) is 10.0. The number of aldehydes is 1. The summed E-state index contributed by atoms with van der Waals surface area (Å²) in [6.07, 6.45) is 0.278. The molecule has 1 aromatic rings. The Hall–Kier alpha value is -1.91. The maximum Gasteiger partial charge on any atom is 0.286 e. The molecule has 0 saturated heterocycles. The molecule has 0 saturated carbocycles. The zero-order valence-electron chi connectivity index (χ0n) is 6.85. The van der Waals surface area contributed by atoms with Crippen molar-refractivity contribution < 1.29 is 14.8 Å². The number of nitro benzene ring substituents is 1. The van der Waals surface area contributed by atoms with E-state index in [2.05, 4.69) is 0 Å². The maximum atomic E-state index is 10.5. The average Bonchev–Trinajstić information content (AvgIpc) is 2.07. The van der Waals surface area contributed by atoms with Crippen molar-refractivity contribution in [1.82, 2.24) is 0 Å². The summed E-state index contributed by atoms with van der Waals surface area (Å²) < 4.78 is 0. The van der Waals surface area contributed by atoms with Crippen LogP contribution in [0.15, 0.2) is 12.1 Å². The predicted octanol–water partition coefficient (Wildman–Crippen LogP) is 1.42. The first-order valence-electron chi connectivity index (χ1n) is 3.50. The van der Waals surface area contributed by atoms with Gasteiger partial charge in [0.2, 0.25) is 0 Å². The summed E-state index contributed by atoms with van der Waals surface area (Å²) in [6.45, 7) is 1.50. The van der Waals surface area contributed by atoms with Gasteiger partial charge in [-0.15, -0.1) is 0 Å². The molecule has 0 aliphatic heterocycles. The first-order valence-corrected chi connectivity index (χ1v) is 3.50. The number of benzene rings is 1. The Morgan fingerprint density at radius 2 is 2.15 bits per heavy atom. The topological polar surface area (TPSA) is 80.4 Å². The summed E-state index contributed by atoms with van der Waals surface area (Å²) in [5, 5.41) is 19.6. The lowest BCUT2D eigenvalue weighted by Crippen LogP contribution is -1.97. The number of nitrogens with zero attached hydrogens (tertiary/aromatic N) is 1. The first-order chi connectivity index (χ1) is 6.07. The van der Waals surface area contributed by atoms with Crippen molar-refractivity contribution in [3.05, 3.63) is 33.4 Å². The SMILES string of the molecule is Cc1ccc(O)c(C=O)c1[N+](=O)[O-]. The van der Waals surface area contributed by atoms with E-state index in [4.69, 9.17) is 5.11 Å². The zero-order valence-corrected chi connectivity index (χ0v) is 6.85. The van der Waals surface area contributed by atoms with E-state index in [-0.39, 0.29) is 23.3 Å². The number of carbonyl (C=O) groups excluding carboxylic acids is 1. The maximum absolute atomic E-state index is 10.5. The molecule has 0 unspecified atom stereocenters. The van der Waals surface area contributed by atoms with Crippen molar-refractivity contribution in [2.75, 3.05) is 0 Å². The van der Waals surface area contributed by atoms with Crippen molar-refractivity contribution >= 4 is 12.0 Å². The number of aromatic hydroxyl groups is 1. The standard InChI is InChI=1S/C8H7NO4/c1-5-2-3-7(11)6(4-10)8(5)9(12)13/h2-4,11H,1H3. The van der Waals surface area contributed by atoms with Gasteiger partial charge in [0.05, 0.1) is 4.92 Å². The second-order valence-electron chi connectivity index (χ2n) is 2.54. The molecular weight excluding hydrogens is 174 g/mol. The van der Waals surface area contributed by atoms with Gasteiger partial charge >= 0.3 is 0 Å². The molecule has 0 amide bonds. The van der Waals surface area contributed by atoms with Crippen LogP contribution in [0, 0.1) is 17.0 Å². The molecule has 1 N–H and O–H groups in total. The molecule has 5 heteroatoms. The summed E-state index contributed by atoms with van der Waals surface area (Å²) in [5.41, 5.74) is -0.259. The third kappa shape index (κ3) is 1.48. The van der Waals surface area contributed by atoms with E-state index >= 15 is 0 Å². The molecule has 1 rings (SSSR count). The summed E-state index contributed by atoms with van der Waals surface area (Å²) in [7, 11) is 0. The number of aryl methyl sites for hydroxylation is 1. The normalized spacial score (nSPS) is 9.62. The Kier molecular flexibility index (Phi) is 2.27. The van der Waals surface area contributed by atoms with Crippen molar-refractivity contribution in [3.8, 4) is 5.75 Å². The molecule has 5 nitrogen and oxygen atoms in total. The molecule has 0 aliphatic carbocycles. The Morgan fingerprint density at radius 3 is 2.54 bits per heavy atom. The number of phenolic OH excluding ortho intramolecular Hbond substituents is 1. The summed E-state index contributed by atoms with van der Waals surface area (Å²) in [6, 6.07) is 2.65. The lowest BCUT2D eigenvalue weighted by molar-refractivity contribution is -0.385. The first kappa shape index (κ1) is 9.18. The van der Waals surface area contributed by atoms with Crippen LogP contribution in [0.25, 0.3) is 0 Å². The fourth-order valence-electron chi connectivity index (χ4n) is 1.06. The number of phenols is 1. The van der Waals surface area contributed by atoms with Gasteiger partial charge in [-0.25, -0.2) is 0 Å². The van der Waals surface area contributed by atoms with Gasteiger partial charge in [-0.2, -0.15) is 0 Å². The smallest absolute Gasteiger partial charge is 0.286 e. The van der Waals surface area contributed by atoms with Gasteiger partial charge in [-0.1, -0.05) is 0 Å². The van der Waals surface area contributed by atoms with Crippen LogP contribution in [0.2, 0.25) is 0 Å². The predicted molar refractivity (Wildman–Crippen MR) is 44.9 cm³/mol. The van der Waals surface area contributed by atoms with E-state index in [0.717, 1.165) is 0 Å². The fourth-order valence-corrected chi connectivity index (χ4v) is 1.06. The lowest BCUT2D eigenvalue weighted by atomic mass is 10.1. The summed E-state index contributed by atoms with van der Waals surface area (Å²) >= 11 is 0. The molecule has 0 aromatic heterocycles. The van der Waals surface area contributed by atoms with Gasteiger partial charge in [-0.3, -0.25) is 14.9 Å². The number of hydrogen-bond donors (Lipinski definition) is 1. The van der Waals surface area contributed by atoms with Gasteiger partial charge in [-0.05, 0) is 19.1 Å². The van der Waals surface area contributed by atoms with E-state index in [0.29, 0.717) is 5.56 Å². The second kappa shape index (κ2) is 3.22. The van der Waals surface area contributed by atoms with Gasteiger partial charge < -0.3 is 5.11 Å². The monoisotopic (exact) mass is 181 g/mol. The van der Waals surface area contributed by atoms with Crippen molar-refractivity contribution in [2.24, 2.45) is 0 Å². The van der Waals surface area contributed by atoms with Gasteiger partial charge in [0.25, 0.3) is 5.69 Å². The molecule has 0 heterocycles. The van der Waals surface area contributed by atoms with E-state index in [1.165, 1.54) is 19.1 Å². The Bertz CT molecular complexity index is 373. The summed E-state index contributed by atoms with van der Waals surface area (Å²) in [5.74, 6) is -0.368. The average molecular weight is 181 g/mol. The van der Waals surface area contributed by atoms with Gasteiger partial charge in [0, 0.05) is 5.56 Å². The Morgan fingerprint density at radius 1 is 1.54 bits per heavy atom. The third-order valence-electron chi connectivity index (χ3n) is 1.70. The van der Waals surface area contributed by atoms with Crippen LogP contribution in [-0.2, 0) is 0 Å². The van der Waals surface area contributed by atoms with Crippen LogP contribution in [0.3, 0.4) is 0 Å². The highest BCUT2D eigenvalue weighted by molar-refractivity contribution is 5.86. The number of rotatable bonds is 2. The molecule has 0 fully saturated rings. The Balaban J connectivity index is 3.52. The minimum Gasteiger partial charge on any atom is -0.507 e. The fraction of sp³-hybridized carbons (Fsp3) is 0.125. The van der Waals surface area contributed by atoms with Crippen LogP contribution in [0.5, 0.6) is 5.75 Å². The Labute approximate surface area is 73.8 Å². The second-order valence-corrected chi connectivity index (χ2v) is 2.54. The highest BCUT2D eigenvalue weighted by atomic mass is 16.6. The van der Waals surface area contributed by atoms with Crippen LogP contribution in [0.4, 0.5) is 5.69 Å². The van der Waals surface area contributed by atoms with Crippen LogP contribution >= 0.6 is 0 Å². The molecule has 0 bridgehead atoms. The van der Waals surface area contributed by atoms with Crippen molar-refractivity contribution in [2.45, 2.75) is 6.92 Å². The lowest BCUT2D eigenvalue weighted by Gasteiger charge is -2.01. The minimum atomic E-state index is -0.682. The molecule has 0 radical (unpaired) electrons. The van der Waals surface area contributed by atoms with E-state index in [1.807, 2.05) is 0 Å². The van der Waals surface area contributed by atoms with E-state index < -0.39 is 4.92 Å². The highest BCUT2D eigenvalue weighted by Crippen LogP contribution is 2.28. The third-order valence-corrected chi connectivity index (χ3v) is 1.70. The molecule has 1 aromatic carbocycles. The molecule has 0 aliphatic rings. The number of nitro groups is 1. The highest BCUT2D eigenvalue weighted by Gasteiger charge is 2.19. The molecule has 0 spiro atoms. The minimum absolute atomic E-state index is 0.273. The van der Waals surface area contributed by atoms with Gasteiger partial charge in [0.15, 0.2) is 6.29 Å². The summed E-state index contributed by atoms with van der Waals surface area (Å²) in [4.78, 5) is 20.2. The van der Waals surface area contributed by atoms with Crippen LogP contribution < -0.4 is 0 Å². The van der Waals surface area contributed by atoms with E-state index in [9.17, 15) is 14.9 Å². The van der Waals surface area contributed by atoms with Crippen LogP contribution in [-0.4, -0.2) is 16.3 Å².